The van der Waals surface area contributed by atoms with Gasteiger partial charge in [0, 0.05) is 47.9 Å². The Hall–Kier alpha value is -3.71. The number of amides is 1. The van der Waals surface area contributed by atoms with Crippen LogP contribution in [0.4, 0.5) is 5.69 Å². The molecule has 2 heterocycles. The highest BCUT2D eigenvalue weighted by atomic mass is 16.3. The van der Waals surface area contributed by atoms with Gasteiger partial charge in [0.25, 0.3) is 0 Å². The van der Waals surface area contributed by atoms with Gasteiger partial charge in [-0.25, -0.2) is 0 Å². The summed E-state index contributed by atoms with van der Waals surface area (Å²) >= 11 is 0. The quantitative estimate of drug-likeness (QED) is 0.591. The Balaban J connectivity index is 1.62. The molecule has 0 saturated carbocycles. The number of hydrogen-bond donors (Lipinski definition) is 2. The minimum absolute atomic E-state index is 0.0712. The van der Waals surface area contributed by atoms with Crippen LogP contribution in [-0.2, 0) is 4.79 Å². The van der Waals surface area contributed by atoms with Gasteiger partial charge in [-0.2, -0.15) is 0 Å². The second kappa shape index (κ2) is 8.80. The Morgan fingerprint density at radius 3 is 2.69 bits per heavy atom. The summed E-state index contributed by atoms with van der Waals surface area (Å²) in [5.41, 5.74) is 4.16. The fraction of sp³-hybridized carbons (Fsp3) is 0.240. The van der Waals surface area contributed by atoms with Gasteiger partial charge in [0.1, 0.15) is 0 Å². The zero-order valence-electron chi connectivity index (χ0n) is 18.8. The van der Waals surface area contributed by atoms with Crippen molar-refractivity contribution in [3.8, 4) is 5.88 Å². The van der Waals surface area contributed by atoms with E-state index in [4.69, 9.17) is 0 Å². The number of aromatic hydroxyl groups is 1. The molecule has 1 aromatic heterocycles. The number of rotatable bonds is 6. The Morgan fingerprint density at radius 2 is 1.91 bits per heavy atom. The summed E-state index contributed by atoms with van der Waals surface area (Å²) in [6.45, 7) is 3.49. The Morgan fingerprint density at radius 1 is 1.09 bits per heavy atom. The van der Waals surface area contributed by atoms with Crippen LogP contribution in [0.3, 0.4) is 0 Å². The van der Waals surface area contributed by atoms with Gasteiger partial charge in [-0.05, 0) is 62.7 Å². The van der Waals surface area contributed by atoms with Crippen molar-refractivity contribution in [3.05, 3.63) is 70.1 Å². The molecule has 0 atom stereocenters. The van der Waals surface area contributed by atoms with Gasteiger partial charge in [-0.15, -0.1) is 10.2 Å². The van der Waals surface area contributed by atoms with E-state index in [0.717, 1.165) is 44.7 Å². The SMILES string of the molecule is Cc1ccc2[nH]c(O)c(/C=c3/ccc4c(c3)N=NC=4/C=C/C(=O)N(C)CCN(C)C)c2c1. The molecule has 7 heteroatoms. The number of aromatic amines is 1. The van der Waals surface area contributed by atoms with Crippen LogP contribution in [0.25, 0.3) is 22.7 Å². The van der Waals surface area contributed by atoms with Gasteiger partial charge < -0.3 is 19.9 Å². The van der Waals surface area contributed by atoms with Crippen LogP contribution in [0.1, 0.15) is 11.1 Å². The number of likely N-dealkylation sites (N-methyl/N-ethyl adjacent to an activating group) is 2. The van der Waals surface area contributed by atoms with E-state index in [1.165, 1.54) is 6.08 Å². The van der Waals surface area contributed by atoms with Crippen LogP contribution in [0.15, 0.2) is 58.8 Å². The number of azo groups is 1. The van der Waals surface area contributed by atoms with Crippen LogP contribution >= 0.6 is 0 Å². The minimum Gasteiger partial charge on any atom is -0.494 e. The van der Waals surface area contributed by atoms with Crippen molar-refractivity contribution in [2.45, 2.75) is 6.92 Å². The first-order valence-electron chi connectivity index (χ1n) is 10.5. The summed E-state index contributed by atoms with van der Waals surface area (Å²) in [7, 11) is 5.74. The van der Waals surface area contributed by atoms with Gasteiger partial charge in [-0.1, -0.05) is 17.7 Å². The summed E-state index contributed by atoms with van der Waals surface area (Å²) in [6, 6.07) is 11.9. The second-order valence-electron chi connectivity index (χ2n) is 8.34. The van der Waals surface area contributed by atoms with Crippen LogP contribution in [0.5, 0.6) is 5.88 Å². The summed E-state index contributed by atoms with van der Waals surface area (Å²) < 4.78 is 0. The molecule has 0 fully saturated rings. The molecule has 0 bridgehead atoms. The smallest absolute Gasteiger partial charge is 0.246 e. The highest BCUT2D eigenvalue weighted by Crippen LogP contribution is 2.28. The molecule has 164 valence electrons. The number of fused-ring (bicyclic) bond motifs is 2. The van der Waals surface area contributed by atoms with Gasteiger partial charge in [0.05, 0.1) is 11.4 Å². The van der Waals surface area contributed by atoms with E-state index in [9.17, 15) is 9.90 Å². The average molecular weight is 430 g/mol. The van der Waals surface area contributed by atoms with Crippen molar-refractivity contribution in [3.63, 3.8) is 0 Å². The predicted octanol–water partition coefficient (Wildman–Crippen LogP) is 2.79. The average Bonchev–Trinajstić information content (AvgIpc) is 3.30. The van der Waals surface area contributed by atoms with Crippen LogP contribution < -0.4 is 10.4 Å². The highest BCUT2D eigenvalue weighted by Gasteiger charge is 2.11. The molecule has 1 aliphatic rings. The van der Waals surface area contributed by atoms with Gasteiger partial charge in [0.2, 0.25) is 5.91 Å². The molecule has 7 nitrogen and oxygen atoms in total. The molecule has 0 saturated heterocycles. The second-order valence-corrected chi connectivity index (χ2v) is 8.34. The first kappa shape index (κ1) is 21.5. The number of carbonyl (C=O) groups excluding carboxylic acids is 1. The molecular weight excluding hydrogens is 402 g/mol. The first-order chi connectivity index (χ1) is 15.3. The van der Waals surface area contributed by atoms with Gasteiger partial charge >= 0.3 is 0 Å². The van der Waals surface area contributed by atoms with E-state index in [0.29, 0.717) is 12.2 Å². The fourth-order valence-corrected chi connectivity index (χ4v) is 3.59. The molecule has 0 radical (unpaired) electrons. The number of H-pyrrole nitrogens is 1. The maximum atomic E-state index is 12.3. The first-order valence-corrected chi connectivity index (χ1v) is 10.5. The third-order valence-corrected chi connectivity index (χ3v) is 5.49. The van der Waals surface area contributed by atoms with Crippen molar-refractivity contribution in [2.24, 2.45) is 10.2 Å². The molecular formula is C25H27N5O2. The topological polar surface area (TPSA) is 84.3 Å². The minimum atomic E-state index is -0.0712. The molecule has 3 aromatic rings. The number of aryl methyl sites for hydroxylation is 1. The third kappa shape index (κ3) is 4.48. The predicted molar refractivity (Wildman–Crippen MR) is 127 cm³/mol. The largest absolute Gasteiger partial charge is 0.494 e. The number of carbonyl (C=O) groups is 1. The summed E-state index contributed by atoms with van der Waals surface area (Å²) in [6.07, 6.45) is 5.17. The molecule has 1 amide bonds. The Kier molecular flexibility index (Phi) is 5.92. The number of benzene rings is 2. The Labute approximate surface area is 186 Å². The highest BCUT2D eigenvalue weighted by molar-refractivity contribution is 5.92. The monoisotopic (exact) mass is 429 g/mol. The van der Waals surface area contributed by atoms with E-state index in [1.54, 1.807) is 18.0 Å². The molecule has 32 heavy (non-hydrogen) atoms. The maximum absolute atomic E-state index is 12.3. The van der Waals surface area contributed by atoms with Crippen molar-refractivity contribution >= 4 is 34.3 Å². The standard InChI is InChI=1S/C25H27N5O2/c1-16-5-8-21-19(13-16)20(25(32)26-21)14-17-6-7-18-22(27-28-23(18)15-17)9-10-24(31)30(4)12-11-29(2)3/h5-10,13-15,26,32H,11-12H2,1-4H3/b10-9+,17-14-. The number of aromatic nitrogens is 1. The summed E-state index contributed by atoms with van der Waals surface area (Å²) in [5, 5.41) is 21.6. The van der Waals surface area contributed by atoms with E-state index < -0.39 is 0 Å². The zero-order chi connectivity index (χ0) is 22.8. The number of hydrogen-bond acceptors (Lipinski definition) is 5. The van der Waals surface area contributed by atoms with Crippen molar-refractivity contribution in [2.75, 3.05) is 34.2 Å². The maximum Gasteiger partial charge on any atom is 0.246 e. The van der Waals surface area contributed by atoms with Crippen LogP contribution in [0.2, 0.25) is 0 Å². The van der Waals surface area contributed by atoms with E-state index in [1.807, 2.05) is 68.4 Å². The Bertz CT molecular complexity index is 1360. The molecule has 4 rings (SSSR count). The summed E-state index contributed by atoms with van der Waals surface area (Å²) in [5.74, 6) is 0.0675. The van der Waals surface area contributed by atoms with Crippen LogP contribution in [0, 0.1) is 6.92 Å². The molecule has 0 unspecified atom stereocenters. The lowest BCUT2D eigenvalue weighted by molar-refractivity contribution is -0.124. The normalized spacial score (nSPS) is 13.7. The van der Waals surface area contributed by atoms with E-state index in [-0.39, 0.29) is 11.8 Å². The molecule has 0 spiro atoms. The molecule has 1 aliphatic heterocycles. The summed E-state index contributed by atoms with van der Waals surface area (Å²) in [4.78, 5) is 19.1. The van der Waals surface area contributed by atoms with Crippen molar-refractivity contribution in [1.29, 1.82) is 0 Å². The third-order valence-electron chi connectivity index (χ3n) is 5.49. The van der Waals surface area contributed by atoms with Crippen molar-refractivity contribution < 1.29 is 9.90 Å². The molecule has 0 aliphatic carbocycles. The lowest BCUT2D eigenvalue weighted by Crippen LogP contribution is -2.32. The van der Waals surface area contributed by atoms with E-state index in [2.05, 4.69) is 15.2 Å². The number of nitrogens with zero attached hydrogens (tertiary/aromatic N) is 4. The van der Waals surface area contributed by atoms with Gasteiger partial charge in [0.15, 0.2) is 5.88 Å². The van der Waals surface area contributed by atoms with E-state index >= 15 is 0 Å². The number of nitrogens with one attached hydrogen (secondary N) is 1. The van der Waals surface area contributed by atoms with Crippen molar-refractivity contribution in [1.82, 2.24) is 14.8 Å². The van der Waals surface area contributed by atoms with Gasteiger partial charge in [-0.3, -0.25) is 4.79 Å². The lowest BCUT2D eigenvalue weighted by Gasteiger charge is -2.17. The fourth-order valence-electron chi connectivity index (χ4n) is 3.59. The van der Waals surface area contributed by atoms with Crippen LogP contribution in [-0.4, -0.2) is 60.0 Å². The molecule has 2 aromatic carbocycles. The molecule has 2 N–H and O–H groups in total. The zero-order valence-corrected chi connectivity index (χ0v) is 18.8. The lowest BCUT2D eigenvalue weighted by atomic mass is 10.1.